The number of carboxylic acid groups (broad SMARTS) is 1. The average molecular weight is 684 g/mol. The Morgan fingerprint density at radius 3 is 1.46 bits per heavy atom. The maximum atomic E-state index is 12.9. The van der Waals surface area contributed by atoms with Gasteiger partial charge in [0.1, 0.15) is 0 Å². The van der Waals surface area contributed by atoms with E-state index in [1.807, 2.05) is 0 Å². The summed E-state index contributed by atoms with van der Waals surface area (Å²) >= 11 is 0. The fourth-order valence-corrected chi connectivity index (χ4v) is 5.23. The van der Waals surface area contributed by atoms with E-state index in [2.05, 4.69) is 22.9 Å². The molecule has 0 atom stereocenters. The van der Waals surface area contributed by atoms with Crippen LogP contribution in [0, 0.1) is 0 Å². The number of nitrogens with one attached hydrogen (secondary N) is 3. The van der Waals surface area contributed by atoms with Crippen molar-refractivity contribution in [3.8, 4) is 0 Å². The quantitative estimate of drug-likeness (QED) is 0.101. The van der Waals surface area contributed by atoms with Crippen LogP contribution in [0.1, 0.15) is 32.6 Å². The summed E-state index contributed by atoms with van der Waals surface area (Å²) in [5.74, 6) is -2.65. The Balaban J connectivity index is 2.08. The van der Waals surface area contributed by atoms with E-state index in [0.29, 0.717) is 12.2 Å². The van der Waals surface area contributed by atoms with Crippen molar-refractivity contribution in [2.24, 2.45) is 10.3 Å². The van der Waals surface area contributed by atoms with Crippen LogP contribution in [0.15, 0.2) is 58.3 Å². The van der Waals surface area contributed by atoms with Crippen molar-refractivity contribution in [2.45, 2.75) is 42.4 Å². The standard InChI is InChI=1S/C28H41N7O9S2/c1-2-3-4-5-14-31-25(36)17-34(18-26(37)32-21-6-10-23(11-7-21)45(29,41)42)15-16-35(20-28(39)40)19-27(38)33-22-8-12-24(13-9-22)46(30,43)44/h6-13H,2-5,14-20H2,1H3,(H,31,36)(H,32,37)(H,33,38)(H,39,40)(H2,29,41,42)(H2,30,43,44). The molecular weight excluding hydrogens is 642 g/mol. The van der Waals surface area contributed by atoms with Crippen molar-refractivity contribution in [2.75, 3.05) is 56.4 Å². The van der Waals surface area contributed by atoms with Gasteiger partial charge in [-0.1, -0.05) is 26.2 Å². The molecule has 2 aromatic rings. The summed E-state index contributed by atoms with van der Waals surface area (Å²) in [4.78, 5) is 52.3. The third-order valence-electron chi connectivity index (χ3n) is 6.48. The maximum Gasteiger partial charge on any atom is 0.317 e. The lowest BCUT2D eigenvalue weighted by atomic mass is 10.2. The number of hydrogen-bond acceptors (Lipinski definition) is 10. The molecule has 0 bridgehead atoms. The van der Waals surface area contributed by atoms with Gasteiger partial charge in [0.2, 0.25) is 37.8 Å². The molecule has 3 amide bonds. The number of rotatable bonds is 20. The predicted octanol–water partition coefficient (Wildman–Crippen LogP) is -0.0563. The van der Waals surface area contributed by atoms with Crippen LogP contribution < -0.4 is 26.2 Å². The third kappa shape index (κ3) is 14.9. The molecule has 0 radical (unpaired) electrons. The number of carbonyl (C=O) groups is 4. The van der Waals surface area contributed by atoms with Gasteiger partial charge in [-0.2, -0.15) is 0 Å². The number of anilines is 2. The van der Waals surface area contributed by atoms with Gasteiger partial charge in [-0.05, 0) is 55.0 Å². The second kappa shape index (κ2) is 18.3. The van der Waals surface area contributed by atoms with Gasteiger partial charge in [0.25, 0.3) is 0 Å². The van der Waals surface area contributed by atoms with Gasteiger partial charge in [0.15, 0.2) is 0 Å². The van der Waals surface area contributed by atoms with Crippen LogP contribution in [0.3, 0.4) is 0 Å². The van der Waals surface area contributed by atoms with Crippen LogP contribution in [-0.2, 0) is 39.2 Å². The molecule has 0 fully saturated rings. The van der Waals surface area contributed by atoms with Crippen molar-refractivity contribution >= 4 is 55.1 Å². The molecule has 2 rings (SSSR count). The molecule has 0 aliphatic rings. The predicted molar refractivity (Wildman–Crippen MR) is 171 cm³/mol. The van der Waals surface area contributed by atoms with Crippen LogP contribution in [-0.4, -0.2) is 101 Å². The van der Waals surface area contributed by atoms with Gasteiger partial charge in [-0.25, -0.2) is 27.1 Å². The van der Waals surface area contributed by atoms with Gasteiger partial charge in [0.05, 0.1) is 36.0 Å². The Bertz CT molecular complexity index is 1550. The Kier molecular flexibility index (Phi) is 15.2. The van der Waals surface area contributed by atoms with Crippen LogP contribution in [0.25, 0.3) is 0 Å². The molecule has 0 saturated carbocycles. The van der Waals surface area contributed by atoms with Crippen LogP contribution in [0.2, 0.25) is 0 Å². The number of nitrogens with zero attached hydrogens (tertiary/aromatic N) is 2. The van der Waals surface area contributed by atoms with Crippen LogP contribution >= 0.6 is 0 Å². The number of aliphatic carboxylic acids is 1. The second-order valence-electron chi connectivity index (χ2n) is 10.5. The molecule has 0 saturated heterocycles. The highest BCUT2D eigenvalue weighted by Gasteiger charge is 2.20. The minimum Gasteiger partial charge on any atom is -0.480 e. The summed E-state index contributed by atoms with van der Waals surface area (Å²) in [6.45, 7) is 1.22. The first-order chi connectivity index (χ1) is 21.6. The highest BCUT2D eigenvalue weighted by Crippen LogP contribution is 2.14. The zero-order chi connectivity index (χ0) is 34.3. The molecule has 0 spiro atoms. The van der Waals surface area contributed by atoms with Crippen molar-refractivity contribution < 1.29 is 41.1 Å². The molecule has 0 unspecified atom stereocenters. The molecule has 0 aliphatic heterocycles. The maximum absolute atomic E-state index is 12.9. The van der Waals surface area contributed by atoms with E-state index in [1.54, 1.807) is 0 Å². The normalized spacial score (nSPS) is 11.8. The highest BCUT2D eigenvalue weighted by atomic mass is 32.2. The van der Waals surface area contributed by atoms with Crippen molar-refractivity contribution in [1.82, 2.24) is 15.1 Å². The summed E-state index contributed by atoms with van der Waals surface area (Å²) in [5, 5.41) is 27.6. The first-order valence-electron chi connectivity index (χ1n) is 14.4. The smallest absolute Gasteiger partial charge is 0.317 e. The lowest BCUT2D eigenvalue weighted by Crippen LogP contribution is -2.46. The number of hydrogen-bond donors (Lipinski definition) is 6. The van der Waals surface area contributed by atoms with Gasteiger partial charge < -0.3 is 21.1 Å². The van der Waals surface area contributed by atoms with Gasteiger partial charge in [0, 0.05) is 31.0 Å². The Morgan fingerprint density at radius 2 is 1.07 bits per heavy atom. The third-order valence-corrected chi connectivity index (χ3v) is 8.34. The van der Waals surface area contributed by atoms with E-state index >= 15 is 0 Å². The fraction of sp³-hybridized carbons (Fsp3) is 0.429. The number of primary sulfonamides is 2. The summed E-state index contributed by atoms with van der Waals surface area (Å²) in [5.41, 5.74) is 0.553. The molecule has 18 heteroatoms. The van der Waals surface area contributed by atoms with Crippen molar-refractivity contribution in [3.05, 3.63) is 48.5 Å². The molecule has 0 heterocycles. The number of nitrogens with two attached hydrogens (primary N) is 2. The van der Waals surface area contributed by atoms with Crippen LogP contribution in [0.5, 0.6) is 0 Å². The van der Waals surface area contributed by atoms with E-state index in [-0.39, 0.29) is 54.1 Å². The lowest BCUT2D eigenvalue weighted by Gasteiger charge is -2.26. The zero-order valence-corrected chi connectivity index (χ0v) is 27.1. The number of amides is 3. The summed E-state index contributed by atoms with van der Waals surface area (Å²) in [7, 11) is -7.84. The molecule has 254 valence electrons. The van der Waals surface area contributed by atoms with Crippen molar-refractivity contribution in [1.29, 1.82) is 0 Å². The van der Waals surface area contributed by atoms with E-state index in [4.69, 9.17) is 10.3 Å². The topological polar surface area (TPSA) is 251 Å². The molecule has 46 heavy (non-hydrogen) atoms. The van der Waals surface area contributed by atoms with Crippen LogP contribution in [0.4, 0.5) is 11.4 Å². The zero-order valence-electron chi connectivity index (χ0n) is 25.5. The monoisotopic (exact) mass is 683 g/mol. The van der Waals surface area contributed by atoms with E-state index in [1.165, 1.54) is 58.3 Å². The SMILES string of the molecule is CCCCCCNC(=O)CN(CCN(CC(=O)O)CC(=O)Nc1ccc(S(N)(=O)=O)cc1)CC(=O)Nc1ccc(S(N)(=O)=O)cc1. The molecule has 2 aromatic carbocycles. The lowest BCUT2D eigenvalue weighted by molar-refractivity contribution is -0.139. The summed E-state index contributed by atoms with van der Waals surface area (Å²) in [6.07, 6.45) is 3.82. The van der Waals surface area contributed by atoms with E-state index in [9.17, 15) is 41.1 Å². The molecule has 16 nitrogen and oxygen atoms in total. The molecule has 0 aliphatic carbocycles. The molecule has 0 aromatic heterocycles. The van der Waals surface area contributed by atoms with E-state index < -0.39 is 44.4 Å². The van der Waals surface area contributed by atoms with E-state index in [0.717, 1.165) is 25.7 Å². The molecular formula is C28H41N7O9S2. The number of unbranched alkanes of at least 4 members (excludes halogenated alkanes) is 3. The first-order valence-corrected chi connectivity index (χ1v) is 17.4. The minimum atomic E-state index is -3.92. The largest absolute Gasteiger partial charge is 0.480 e. The summed E-state index contributed by atoms with van der Waals surface area (Å²) in [6, 6.07) is 10.3. The Hall–Kier alpha value is -3.94. The number of carboxylic acids is 1. The number of sulfonamides is 2. The Labute approximate surface area is 268 Å². The summed E-state index contributed by atoms with van der Waals surface area (Å²) < 4.78 is 45.9. The molecule has 8 N–H and O–H groups in total. The van der Waals surface area contributed by atoms with Crippen molar-refractivity contribution in [3.63, 3.8) is 0 Å². The van der Waals surface area contributed by atoms with Gasteiger partial charge >= 0.3 is 5.97 Å². The van der Waals surface area contributed by atoms with Gasteiger partial charge in [-0.3, -0.25) is 29.0 Å². The minimum absolute atomic E-state index is 0.00973. The highest BCUT2D eigenvalue weighted by molar-refractivity contribution is 7.89. The Morgan fingerprint density at radius 1 is 0.652 bits per heavy atom. The van der Waals surface area contributed by atoms with Gasteiger partial charge in [-0.15, -0.1) is 0 Å². The average Bonchev–Trinajstić information content (AvgIpc) is 2.95. The second-order valence-corrected chi connectivity index (χ2v) is 13.6. The number of carbonyl (C=O) groups excluding carboxylic acids is 3. The first kappa shape index (κ1) is 38.2. The number of benzene rings is 2. The fourth-order valence-electron chi connectivity index (χ4n) is 4.20.